The van der Waals surface area contributed by atoms with Crippen LogP contribution in [-0.4, -0.2) is 28.6 Å². The van der Waals surface area contributed by atoms with Gasteiger partial charge in [0.15, 0.2) is 0 Å². The van der Waals surface area contributed by atoms with Crippen LogP contribution in [0.3, 0.4) is 0 Å². The number of hydrogen-bond donors (Lipinski definition) is 3. The van der Waals surface area contributed by atoms with Gasteiger partial charge in [-0.3, -0.25) is 4.79 Å². The minimum atomic E-state index is -1.02. The summed E-state index contributed by atoms with van der Waals surface area (Å²) in [5.41, 5.74) is 4.97. The number of carboxylic acid groups (broad SMARTS) is 1. The molecule has 4 N–H and O–H groups in total. The number of carbonyl (C=O) groups is 2. The number of aliphatic carboxylic acids is 1. The summed E-state index contributed by atoms with van der Waals surface area (Å²) in [6.07, 6.45) is 1.89. The van der Waals surface area contributed by atoms with Gasteiger partial charge in [0, 0.05) is 0 Å². The van der Waals surface area contributed by atoms with Gasteiger partial charge in [0.05, 0.1) is 5.54 Å². The number of nitrogens with one attached hydrogen (secondary N) is 1. The molecule has 1 saturated carbocycles. The average molecular weight is 228 g/mol. The molecule has 16 heavy (non-hydrogen) atoms. The number of hydrogen-bond acceptors (Lipinski definition) is 3. The highest BCUT2D eigenvalue weighted by Gasteiger charge is 2.45. The number of rotatable bonds is 5. The van der Waals surface area contributed by atoms with Crippen molar-refractivity contribution in [2.45, 2.75) is 45.2 Å². The SMILES string of the molecule is CC(C)[C@@H](NC(=O)C(C)(N)C1CC1)C(=O)O. The molecule has 0 spiro atoms. The van der Waals surface area contributed by atoms with Gasteiger partial charge in [-0.15, -0.1) is 0 Å². The highest BCUT2D eigenvalue weighted by Crippen LogP contribution is 2.38. The number of amides is 1. The molecule has 2 atom stereocenters. The molecule has 1 aliphatic rings. The van der Waals surface area contributed by atoms with E-state index in [0.717, 1.165) is 12.8 Å². The second-order valence-electron chi connectivity index (χ2n) is 5.09. The Labute approximate surface area is 95.4 Å². The van der Waals surface area contributed by atoms with E-state index in [1.54, 1.807) is 20.8 Å². The Hall–Kier alpha value is -1.10. The van der Waals surface area contributed by atoms with Crippen LogP contribution < -0.4 is 11.1 Å². The molecule has 1 fully saturated rings. The van der Waals surface area contributed by atoms with E-state index in [9.17, 15) is 9.59 Å². The van der Waals surface area contributed by atoms with E-state index in [0.29, 0.717) is 0 Å². The van der Waals surface area contributed by atoms with E-state index in [1.807, 2.05) is 0 Å². The van der Waals surface area contributed by atoms with Crippen LogP contribution in [0.4, 0.5) is 0 Å². The molecule has 1 aliphatic carbocycles. The van der Waals surface area contributed by atoms with Crippen molar-refractivity contribution in [2.24, 2.45) is 17.6 Å². The monoisotopic (exact) mass is 228 g/mol. The van der Waals surface area contributed by atoms with Gasteiger partial charge in [0.2, 0.25) is 5.91 Å². The van der Waals surface area contributed by atoms with E-state index in [2.05, 4.69) is 5.32 Å². The van der Waals surface area contributed by atoms with Gasteiger partial charge in [-0.25, -0.2) is 4.79 Å². The lowest BCUT2D eigenvalue weighted by atomic mass is 9.94. The first-order valence-electron chi connectivity index (χ1n) is 5.59. The molecule has 0 aliphatic heterocycles. The minimum Gasteiger partial charge on any atom is -0.480 e. The van der Waals surface area contributed by atoms with Crippen LogP contribution in [0, 0.1) is 11.8 Å². The molecule has 5 nitrogen and oxygen atoms in total. The normalized spacial score (nSPS) is 21.3. The van der Waals surface area contributed by atoms with Crippen LogP contribution in [0.1, 0.15) is 33.6 Å². The maximum absolute atomic E-state index is 11.9. The second kappa shape index (κ2) is 4.41. The van der Waals surface area contributed by atoms with Crippen molar-refractivity contribution in [3.8, 4) is 0 Å². The maximum Gasteiger partial charge on any atom is 0.326 e. The molecule has 1 amide bonds. The molecule has 1 unspecified atom stereocenters. The van der Waals surface area contributed by atoms with E-state index in [-0.39, 0.29) is 17.7 Å². The first-order chi connectivity index (χ1) is 7.26. The van der Waals surface area contributed by atoms with Crippen LogP contribution in [0.5, 0.6) is 0 Å². The third-order valence-electron chi connectivity index (χ3n) is 3.13. The summed E-state index contributed by atoms with van der Waals surface area (Å²) in [7, 11) is 0. The zero-order chi connectivity index (χ0) is 12.5. The maximum atomic E-state index is 11.9. The lowest BCUT2D eigenvalue weighted by Crippen LogP contribution is -2.58. The van der Waals surface area contributed by atoms with Crippen molar-refractivity contribution in [2.75, 3.05) is 0 Å². The molecule has 0 aromatic heterocycles. The van der Waals surface area contributed by atoms with Crippen LogP contribution in [-0.2, 0) is 9.59 Å². The predicted octanol–water partition coefficient (Wildman–Crippen LogP) is 0.339. The molecule has 0 aromatic rings. The molecular formula is C11H20N2O3. The highest BCUT2D eigenvalue weighted by molar-refractivity contribution is 5.90. The molecule has 0 radical (unpaired) electrons. The Balaban J connectivity index is 2.64. The van der Waals surface area contributed by atoms with Crippen molar-refractivity contribution < 1.29 is 14.7 Å². The van der Waals surface area contributed by atoms with Crippen LogP contribution in [0.15, 0.2) is 0 Å². The smallest absolute Gasteiger partial charge is 0.326 e. The van der Waals surface area contributed by atoms with Gasteiger partial charge < -0.3 is 16.2 Å². The van der Waals surface area contributed by atoms with Gasteiger partial charge in [0.1, 0.15) is 6.04 Å². The van der Waals surface area contributed by atoms with Crippen LogP contribution in [0.25, 0.3) is 0 Å². The van der Waals surface area contributed by atoms with Crippen molar-refractivity contribution in [1.82, 2.24) is 5.32 Å². The Kier molecular flexibility index (Phi) is 3.57. The Morgan fingerprint density at radius 1 is 1.44 bits per heavy atom. The van der Waals surface area contributed by atoms with E-state index >= 15 is 0 Å². The number of nitrogens with two attached hydrogens (primary N) is 1. The Bertz CT molecular complexity index is 296. The first-order valence-corrected chi connectivity index (χ1v) is 5.59. The number of carboxylic acids is 1. The van der Waals surface area contributed by atoms with Crippen molar-refractivity contribution in [3.05, 3.63) is 0 Å². The highest BCUT2D eigenvalue weighted by atomic mass is 16.4. The molecule has 1 rings (SSSR count). The lowest BCUT2D eigenvalue weighted by Gasteiger charge is -2.27. The topological polar surface area (TPSA) is 92.4 Å². The van der Waals surface area contributed by atoms with E-state index in [4.69, 9.17) is 10.8 Å². The van der Waals surface area contributed by atoms with Crippen molar-refractivity contribution >= 4 is 11.9 Å². The molecule has 5 heteroatoms. The van der Waals surface area contributed by atoms with Gasteiger partial charge in [-0.2, -0.15) is 0 Å². The largest absolute Gasteiger partial charge is 0.480 e. The number of carbonyl (C=O) groups excluding carboxylic acids is 1. The zero-order valence-electron chi connectivity index (χ0n) is 9.99. The van der Waals surface area contributed by atoms with Gasteiger partial charge in [-0.1, -0.05) is 13.8 Å². The third-order valence-corrected chi connectivity index (χ3v) is 3.13. The fourth-order valence-corrected chi connectivity index (χ4v) is 1.68. The molecule has 0 heterocycles. The zero-order valence-corrected chi connectivity index (χ0v) is 9.99. The van der Waals surface area contributed by atoms with Crippen LogP contribution in [0.2, 0.25) is 0 Å². The summed E-state index contributed by atoms with van der Waals surface area (Å²) in [4.78, 5) is 22.8. The first kappa shape index (κ1) is 13.0. The summed E-state index contributed by atoms with van der Waals surface area (Å²) < 4.78 is 0. The van der Waals surface area contributed by atoms with Crippen LogP contribution >= 0.6 is 0 Å². The molecule has 0 bridgehead atoms. The van der Waals surface area contributed by atoms with Gasteiger partial charge >= 0.3 is 5.97 Å². The molecular weight excluding hydrogens is 208 g/mol. The summed E-state index contributed by atoms with van der Waals surface area (Å²) in [6.45, 7) is 5.17. The van der Waals surface area contributed by atoms with Crippen molar-refractivity contribution in [3.63, 3.8) is 0 Å². The van der Waals surface area contributed by atoms with Gasteiger partial charge in [0.25, 0.3) is 0 Å². The molecule has 92 valence electrons. The molecule has 0 saturated heterocycles. The summed E-state index contributed by atoms with van der Waals surface area (Å²) in [6, 6.07) is -0.867. The fraction of sp³-hybridized carbons (Fsp3) is 0.818. The summed E-state index contributed by atoms with van der Waals surface area (Å²) in [5, 5.41) is 11.5. The Morgan fingerprint density at radius 3 is 2.25 bits per heavy atom. The Morgan fingerprint density at radius 2 is 1.94 bits per heavy atom. The van der Waals surface area contributed by atoms with E-state index in [1.165, 1.54) is 0 Å². The quantitative estimate of drug-likeness (QED) is 0.632. The third kappa shape index (κ3) is 2.72. The fourth-order valence-electron chi connectivity index (χ4n) is 1.68. The summed E-state index contributed by atoms with van der Waals surface area (Å²) >= 11 is 0. The lowest BCUT2D eigenvalue weighted by molar-refractivity contribution is -0.144. The standard InChI is InChI=1S/C11H20N2O3/c1-6(2)8(9(14)15)13-10(16)11(3,12)7-4-5-7/h6-8H,4-5,12H2,1-3H3,(H,13,16)(H,14,15)/t8-,11?/m1/s1. The van der Waals surface area contributed by atoms with Gasteiger partial charge in [-0.05, 0) is 31.6 Å². The van der Waals surface area contributed by atoms with E-state index < -0.39 is 17.6 Å². The second-order valence-corrected chi connectivity index (χ2v) is 5.09. The molecule has 0 aromatic carbocycles. The average Bonchev–Trinajstić information content (AvgIpc) is 2.95. The summed E-state index contributed by atoms with van der Waals surface area (Å²) in [5.74, 6) is -1.35. The van der Waals surface area contributed by atoms with Crippen molar-refractivity contribution in [1.29, 1.82) is 0 Å². The minimum absolute atomic E-state index is 0.156. The predicted molar refractivity (Wildman–Crippen MR) is 59.7 cm³/mol.